The van der Waals surface area contributed by atoms with Crippen LogP contribution >= 0.6 is 0 Å². The number of hydrogen-bond acceptors (Lipinski definition) is 2. The first kappa shape index (κ1) is 7.63. The van der Waals surface area contributed by atoms with Gasteiger partial charge >= 0.3 is 0 Å². The standard InChI is InChI=1S/C6H12NO/c1-2-3-4-6(7)5-8/h6H,2-4,7H2,1H3/t6-/m0/s1. The molecule has 0 aliphatic rings. The van der Waals surface area contributed by atoms with E-state index in [2.05, 4.69) is 6.92 Å². The minimum atomic E-state index is -0.352. The van der Waals surface area contributed by atoms with Crippen LogP contribution in [-0.4, -0.2) is 12.3 Å². The van der Waals surface area contributed by atoms with Crippen LogP contribution in [0.25, 0.3) is 0 Å². The average molecular weight is 114 g/mol. The number of nitrogens with two attached hydrogens (primary N) is 1. The summed E-state index contributed by atoms with van der Waals surface area (Å²) in [5, 5.41) is 0. The van der Waals surface area contributed by atoms with Gasteiger partial charge in [-0.3, -0.25) is 4.79 Å². The zero-order chi connectivity index (χ0) is 6.41. The van der Waals surface area contributed by atoms with E-state index in [-0.39, 0.29) is 6.04 Å². The van der Waals surface area contributed by atoms with Crippen molar-refractivity contribution in [2.45, 2.75) is 32.2 Å². The van der Waals surface area contributed by atoms with Crippen molar-refractivity contribution in [3.05, 3.63) is 0 Å². The van der Waals surface area contributed by atoms with E-state index in [9.17, 15) is 4.79 Å². The van der Waals surface area contributed by atoms with Crippen LogP contribution in [0.1, 0.15) is 26.2 Å². The van der Waals surface area contributed by atoms with E-state index < -0.39 is 0 Å². The molecule has 0 bridgehead atoms. The zero-order valence-electron chi connectivity index (χ0n) is 5.18. The second kappa shape index (κ2) is 4.78. The largest absolute Gasteiger partial charge is 0.321 e. The van der Waals surface area contributed by atoms with Crippen molar-refractivity contribution < 1.29 is 4.79 Å². The minimum absolute atomic E-state index is 0.352. The fraction of sp³-hybridized carbons (Fsp3) is 0.833. The van der Waals surface area contributed by atoms with Crippen molar-refractivity contribution in [2.75, 3.05) is 0 Å². The molecule has 8 heavy (non-hydrogen) atoms. The van der Waals surface area contributed by atoms with Crippen LogP contribution in [0.5, 0.6) is 0 Å². The van der Waals surface area contributed by atoms with Gasteiger partial charge in [-0.25, -0.2) is 0 Å². The Morgan fingerprint density at radius 3 is 2.75 bits per heavy atom. The predicted molar refractivity (Wildman–Crippen MR) is 33.2 cm³/mol. The lowest BCUT2D eigenvalue weighted by atomic mass is 10.1. The number of hydrogen-bond donors (Lipinski definition) is 1. The van der Waals surface area contributed by atoms with Gasteiger partial charge in [-0.05, 0) is 6.42 Å². The summed E-state index contributed by atoms with van der Waals surface area (Å²) in [6.45, 7) is 2.07. The molecule has 0 amide bonds. The Balaban J connectivity index is 2.98. The van der Waals surface area contributed by atoms with Gasteiger partial charge in [0, 0.05) is 0 Å². The maximum Gasteiger partial charge on any atom is 0.216 e. The van der Waals surface area contributed by atoms with Gasteiger partial charge < -0.3 is 5.73 Å². The molecule has 0 aromatic carbocycles. The molecular weight excluding hydrogens is 102 g/mol. The quantitative estimate of drug-likeness (QED) is 0.582. The second-order valence-electron chi connectivity index (χ2n) is 1.87. The van der Waals surface area contributed by atoms with Crippen molar-refractivity contribution in [3.63, 3.8) is 0 Å². The van der Waals surface area contributed by atoms with Crippen LogP contribution in [0.15, 0.2) is 0 Å². The molecule has 0 aliphatic heterocycles. The predicted octanol–water partition coefficient (Wildman–Crippen LogP) is 0.614. The molecule has 2 nitrogen and oxygen atoms in total. The summed E-state index contributed by atoms with van der Waals surface area (Å²) in [4.78, 5) is 9.76. The van der Waals surface area contributed by atoms with E-state index in [1.807, 2.05) is 0 Å². The maximum atomic E-state index is 9.76. The Bertz CT molecular complexity index is 63.5. The third-order valence-electron chi connectivity index (χ3n) is 1.02. The zero-order valence-corrected chi connectivity index (χ0v) is 5.18. The van der Waals surface area contributed by atoms with E-state index in [4.69, 9.17) is 5.73 Å². The smallest absolute Gasteiger partial charge is 0.216 e. The molecule has 1 radical (unpaired) electrons. The molecule has 0 heterocycles. The van der Waals surface area contributed by atoms with Gasteiger partial charge in [0.25, 0.3) is 0 Å². The van der Waals surface area contributed by atoms with E-state index in [0.717, 1.165) is 19.3 Å². The molecule has 2 N–H and O–H groups in total. The van der Waals surface area contributed by atoms with Gasteiger partial charge in [0.2, 0.25) is 6.29 Å². The van der Waals surface area contributed by atoms with E-state index in [0.29, 0.717) is 0 Å². The van der Waals surface area contributed by atoms with E-state index >= 15 is 0 Å². The lowest BCUT2D eigenvalue weighted by Crippen LogP contribution is -2.20. The van der Waals surface area contributed by atoms with Gasteiger partial charge in [0.05, 0.1) is 6.04 Å². The van der Waals surface area contributed by atoms with Crippen LogP contribution in [0, 0.1) is 0 Å². The third-order valence-corrected chi connectivity index (χ3v) is 1.02. The Morgan fingerprint density at radius 1 is 1.75 bits per heavy atom. The molecule has 1 atom stereocenters. The highest BCUT2D eigenvalue weighted by molar-refractivity contribution is 5.57. The highest BCUT2D eigenvalue weighted by Crippen LogP contribution is 1.94. The van der Waals surface area contributed by atoms with Gasteiger partial charge in [-0.2, -0.15) is 0 Å². The van der Waals surface area contributed by atoms with Crippen LogP contribution in [0.4, 0.5) is 0 Å². The Labute approximate surface area is 50.1 Å². The normalized spacial score (nSPS) is 13.2. The highest BCUT2D eigenvalue weighted by atomic mass is 16.1. The van der Waals surface area contributed by atoms with Crippen LogP contribution in [0.3, 0.4) is 0 Å². The molecule has 0 spiro atoms. The van der Waals surface area contributed by atoms with Crippen molar-refractivity contribution in [1.29, 1.82) is 0 Å². The molecule has 47 valence electrons. The lowest BCUT2D eigenvalue weighted by Gasteiger charge is -1.97. The van der Waals surface area contributed by atoms with Crippen molar-refractivity contribution >= 4 is 6.29 Å². The second-order valence-corrected chi connectivity index (χ2v) is 1.87. The molecular formula is C6H12NO. The molecule has 0 aromatic heterocycles. The summed E-state index contributed by atoms with van der Waals surface area (Å²) in [7, 11) is 0. The monoisotopic (exact) mass is 114 g/mol. The van der Waals surface area contributed by atoms with Crippen molar-refractivity contribution in [1.82, 2.24) is 0 Å². The Morgan fingerprint density at radius 2 is 2.38 bits per heavy atom. The van der Waals surface area contributed by atoms with E-state index in [1.165, 1.54) is 0 Å². The first-order valence-electron chi connectivity index (χ1n) is 2.94. The lowest BCUT2D eigenvalue weighted by molar-refractivity contribution is 0.531. The molecule has 0 rings (SSSR count). The molecule has 0 unspecified atom stereocenters. The molecule has 2 heteroatoms. The molecule has 0 fully saturated rings. The summed E-state index contributed by atoms with van der Waals surface area (Å²) in [6, 6.07) is -0.352. The average Bonchev–Trinajstić information content (AvgIpc) is 1.83. The first-order valence-corrected chi connectivity index (χ1v) is 2.94. The first-order chi connectivity index (χ1) is 3.81. The number of rotatable bonds is 4. The Kier molecular flexibility index (Phi) is 4.56. The van der Waals surface area contributed by atoms with E-state index in [1.54, 1.807) is 6.29 Å². The van der Waals surface area contributed by atoms with Gasteiger partial charge in [-0.15, -0.1) is 0 Å². The molecule has 0 saturated carbocycles. The van der Waals surface area contributed by atoms with Gasteiger partial charge in [0.15, 0.2) is 0 Å². The topological polar surface area (TPSA) is 43.1 Å². The Hall–Kier alpha value is -0.370. The van der Waals surface area contributed by atoms with Crippen molar-refractivity contribution in [2.24, 2.45) is 5.73 Å². The molecule has 0 aliphatic carbocycles. The summed E-state index contributed by atoms with van der Waals surface area (Å²) >= 11 is 0. The van der Waals surface area contributed by atoms with Gasteiger partial charge in [-0.1, -0.05) is 19.8 Å². The van der Waals surface area contributed by atoms with Gasteiger partial charge in [0.1, 0.15) is 0 Å². The van der Waals surface area contributed by atoms with Crippen molar-refractivity contribution in [3.8, 4) is 0 Å². The van der Waals surface area contributed by atoms with Crippen LogP contribution in [0.2, 0.25) is 0 Å². The fourth-order valence-electron chi connectivity index (χ4n) is 0.483. The summed E-state index contributed by atoms with van der Waals surface area (Å²) in [6.07, 6.45) is 4.62. The van der Waals surface area contributed by atoms with Crippen LogP contribution < -0.4 is 5.73 Å². The molecule has 0 saturated heterocycles. The maximum absolute atomic E-state index is 9.76. The van der Waals surface area contributed by atoms with Crippen LogP contribution in [-0.2, 0) is 4.79 Å². The number of carbonyl (C=O) groups excluding carboxylic acids is 1. The SMILES string of the molecule is CCCC[C@H](N)[C]=O. The fourth-order valence-corrected chi connectivity index (χ4v) is 0.483. The number of unbranched alkanes of at least 4 members (excludes halogenated alkanes) is 1. The third kappa shape index (κ3) is 3.81. The summed E-state index contributed by atoms with van der Waals surface area (Å²) < 4.78 is 0. The minimum Gasteiger partial charge on any atom is -0.321 e. The summed E-state index contributed by atoms with van der Waals surface area (Å²) in [5.74, 6) is 0. The molecule has 0 aromatic rings. The summed E-state index contributed by atoms with van der Waals surface area (Å²) in [5.41, 5.74) is 5.24. The highest BCUT2D eigenvalue weighted by Gasteiger charge is 1.97.